The topological polar surface area (TPSA) is 111 Å². The van der Waals surface area contributed by atoms with Crippen LogP contribution in [0.4, 0.5) is 5.13 Å². The van der Waals surface area contributed by atoms with Crippen LogP contribution in [-0.4, -0.2) is 46.3 Å². The molecule has 1 saturated heterocycles. The minimum absolute atomic E-state index is 0.00468. The summed E-state index contributed by atoms with van der Waals surface area (Å²) in [7, 11) is 0. The Bertz CT molecular complexity index is 1860. The monoisotopic (exact) mass is 705 g/mol. The Labute approximate surface area is 292 Å². The average molecular weight is 706 g/mol. The smallest absolute Gasteiger partial charge is 0.301 e. The first-order valence-corrected chi connectivity index (χ1v) is 18.2. The first-order chi connectivity index (χ1) is 23.3. The van der Waals surface area contributed by atoms with E-state index in [1.807, 2.05) is 44.2 Å². The molecule has 0 radical (unpaired) electrons. The molecule has 9 nitrogen and oxygen atoms in total. The molecule has 250 valence electrons. The lowest BCUT2D eigenvalue weighted by atomic mass is 9.94. The minimum Gasteiger partial charge on any atom is -0.507 e. The minimum atomic E-state index is -1.00. The molecule has 1 N–H and O–H groups in total. The molecular formula is C36H36ClN3O6S2. The summed E-state index contributed by atoms with van der Waals surface area (Å²) in [5, 5.41) is 21.3. The summed E-state index contributed by atoms with van der Waals surface area (Å²) in [5.74, 6) is 0.428. The number of hydrogen-bond donors (Lipinski definition) is 1. The Morgan fingerprint density at radius 1 is 1.06 bits per heavy atom. The van der Waals surface area contributed by atoms with Crippen LogP contribution in [0, 0.1) is 0 Å². The van der Waals surface area contributed by atoms with Gasteiger partial charge in [0.05, 0.1) is 24.8 Å². The number of unbranched alkanes of at least 4 members (excludes halogenated alkanes) is 2. The van der Waals surface area contributed by atoms with Crippen molar-refractivity contribution >= 4 is 57.3 Å². The number of carbonyl (C=O) groups is 2. The van der Waals surface area contributed by atoms with Crippen molar-refractivity contribution in [1.29, 1.82) is 0 Å². The van der Waals surface area contributed by atoms with E-state index in [2.05, 4.69) is 17.1 Å². The van der Waals surface area contributed by atoms with Crippen molar-refractivity contribution in [2.75, 3.05) is 18.1 Å². The zero-order chi connectivity index (χ0) is 33.8. The number of aliphatic hydroxyl groups is 1. The lowest BCUT2D eigenvalue weighted by Gasteiger charge is -2.23. The van der Waals surface area contributed by atoms with Gasteiger partial charge in [0.2, 0.25) is 5.13 Å². The second-order valence-corrected chi connectivity index (χ2v) is 14.1. The number of ketones is 1. The summed E-state index contributed by atoms with van der Waals surface area (Å²) >= 11 is 8.98. The maximum atomic E-state index is 13.9. The third-order valence-electron chi connectivity index (χ3n) is 8.11. The van der Waals surface area contributed by atoms with Crippen molar-refractivity contribution < 1.29 is 28.9 Å². The first kappa shape index (κ1) is 33.8. The van der Waals surface area contributed by atoms with Crippen molar-refractivity contribution in [2.45, 2.75) is 68.7 Å². The number of ether oxygens (including phenoxy) is 3. The highest BCUT2D eigenvalue weighted by molar-refractivity contribution is 8.00. The van der Waals surface area contributed by atoms with Crippen LogP contribution in [0.1, 0.15) is 68.3 Å². The van der Waals surface area contributed by atoms with Gasteiger partial charge >= 0.3 is 5.91 Å². The number of benzene rings is 3. The van der Waals surface area contributed by atoms with Crippen molar-refractivity contribution in [2.24, 2.45) is 0 Å². The van der Waals surface area contributed by atoms with Crippen molar-refractivity contribution in [3.05, 3.63) is 93.5 Å². The van der Waals surface area contributed by atoms with Gasteiger partial charge in [-0.1, -0.05) is 78.7 Å². The van der Waals surface area contributed by atoms with Crippen LogP contribution in [-0.2, 0) is 21.8 Å². The van der Waals surface area contributed by atoms with E-state index < -0.39 is 17.7 Å². The van der Waals surface area contributed by atoms with E-state index in [4.69, 9.17) is 25.8 Å². The molecule has 1 amide bonds. The number of aliphatic hydroxyl groups excluding tert-OH is 1. The van der Waals surface area contributed by atoms with Gasteiger partial charge in [0.15, 0.2) is 15.8 Å². The van der Waals surface area contributed by atoms with Crippen LogP contribution in [0.2, 0.25) is 5.02 Å². The molecule has 4 aromatic rings. The van der Waals surface area contributed by atoms with Crippen LogP contribution in [0.25, 0.3) is 5.76 Å². The molecule has 1 fully saturated rings. The third-order valence-corrected chi connectivity index (χ3v) is 10.6. The predicted octanol–water partition coefficient (Wildman–Crippen LogP) is 8.40. The number of rotatable bonds is 13. The Morgan fingerprint density at radius 2 is 1.90 bits per heavy atom. The van der Waals surface area contributed by atoms with Gasteiger partial charge in [0, 0.05) is 22.8 Å². The van der Waals surface area contributed by atoms with Crippen LogP contribution in [0.3, 0.4) is 0 Å². The number of fused-ring (bicyclic) bond motifs is 1. The van der Waals surface area contributed by atoms with Crippen LogP contribution >= 0.6 is 34.7 Å². The predicted molar refractivity (Wildman–Crippen MR) is 189 cm³/mol. The van der Waals surface area contributed by atoms with Gasteiger partial charge in [-0.05, 0) is 73.4 Å². The summed E-state index contributed by atoms with van der Waals surface area (Å²) < 4.78 is 18.5. The highest BCUT2D eigenvalue weighted by atomic mass is 35.5. The number of nitrogens with zero attached hydrogens (tertiary/aromatic N) is 3. The molecule has 2 atom stereocenters. The lowest BCUT2D eigenvalue weighted by Crippen LogP contribution is -2.29. The van der Waals surface area contributed by atoms with Gasteiger partial charge in [0.1, 0.15) is 17.6 Å². The van der Waals surface area contributed by atoms with E-state index in [0.717, 1.165) is 36.1 Å². The van der Waals surface area contributed by atoms with E-state index in [0.29, 0.717) is 57.4 Å². The van der Waals surface area contributed by atoms with Crippen molar-refractivity contribution in [1.82, 2.24) is 10.2 Å². The van der Waals surface area contributed by atoms with Gasteiger partial charge in [-0.25, -0.2) is 0 Å². The Hall–Kier alpha value is -4.06. The van der Waals surface area contributed by atoms with Crippen LogP contribution in [0.5, 0.6) is 17.2 Å². The fourth-order valence-electron chi connectivity index (χ4n) is 5.80. The fourth-order valence-corrected chi connectivity index (χ4v) is 7.95. The molecule has 0 unspecified atom stereocenters. The fraction of sp³-hybridized carbons (Fsp3) is 0.333. The van der Waals surface area contributed by atoms with Crippen LogP contribution < -0.4 is 19.1 Å². The third kappa shape index (κ3) is 7.04. The number of anilines is 1. The van der Waals surface area contributed by atoms with Gasteiger partial charge in [0.25, 0.3) is 5.78 Å². The number of carbonyl (C=O) groups excluding carboxylic acids is 2. The molecule has 12 heteroatoms. The second-order valence-electron chi connectivity index (χ2n) is 11.5. The molecular weight excluding hydrogens is 670 g/mol. The number of thioether (sulfide) groups is 1. The number of hydrogen-bond acceptors (Lipinski definition) is 10. The molecule has 0 aliphatic carbocycles. The summed E-state index contributed by atoms with van der Waals surface area (Å²) in [5.41, 5.74) is 2.79. The quantitative estimate of drug-likeness (QED) is 0.0366. The van der Waals surface area contributed by atoms with Gasteiger partial charge < -0.3 is 19.3 Å². The molecule has 6 rings (SSSR count). The highest BCUT2D eigenvalue weighted by Crippen LogP contribution is 2.46. The Balaban J connectivity index is 1.40. The molecule has 0 spiro atoms. The largest absolute Gasteiger partial charge is 0.507 e. The maximum Gasteiger partial charge on any atom is 0.301 e. The molecule has 2 aliphatic rings. The van der Waals surface area contributed by atoms with E-state index in [1.165, 1.54) is 28.0 Å². The molecule has 1 aromatic heterocycles. The SMILES string of the molecule is CCCCCOc1ccc([C@@H]2/C(=C(\O)c3ccc4c(c3)C[C@@H](C)O4)C(=O)C(=O)N2c2nnc(SCc3ccccc3Cl)s2)cc1OCC. The molecule has 0 bridgehead atoms. The molecule has 0 saturated carbocycles. The van der Waals surface area contributed by atoms with E-state index in [-0.39, 0.29) is 22.6 Å². The maximum absolute atomic E-state index is 13.9. The van der Waals surface area contributed by atoms with Gasteiger partial charge in [-0.15, -0.1) is 10.2 Å². The Kier molecular flexibility index (Phi) is 10.6. The molecule has 3 aromatic carbocycles. The second kappa shape index (κ2) is 15.0. The van der Waals surface area contributed by atoms with E-state index >= 15 is 0 Å². The first-order valence-electron chi connectivity index (χ1n) is 16.0. The lowest BCUT2D eigenvalue weighted by molar-refractivity contribution is -0.132. The number of aromatic nitrogens is 2. The Morgan fingerprint density at radius 3 is 2.69 bits per heavy atom. The van der Waals surface area contributed by atoms with E-state index in [1.54, 1.807) is 30.3 Å². The molecule has 2 aliphatic heterocycles. The highest BCUT2D eigenvalue weighted by Gasteiger charge is 2.48. The number of Topliss-reactive ketones (excluding diaryl/α,β-unsaturated/α-hetero) is 1. The number of halogens is 1. The average Bonchev–Trinajstić information content (AvgIpc) is 3.77. The molecule has 3 heterocycles. The van der Waals surface area contributed by atoms with Gasteiger partial charge in [-0.2, -0.15) is 0 Å². The zero-order valence-electron chi connectivity index (χ0n) is 26.9. The summed E-state index contributed by atoms with van der Waals surface area (Å²) in [6.45, 7) is 6.90. The summed E-state index contributed by atoms with van der Waals surface area (Å²) in [6, 6.07) is 17.2. The van der Waals surface area contributed by atoms with Crippen molar-refractivity contribution in [3.8, 4) is 17.2 Å². The van der Waals surface area contributed by atoms with Crippen molar-refractivity contribution in [3.63, 3.8) is 0 Å². The van der Waals surface area contributed by atoms with Crippen LogP contribution in [0.15, 0.2) is 70.6 Å². The standard InChI is InChI=1S/C36H36ClN3O6S2/c1-4-6-9-16-45-28-15-12-22(19-29(28)44-5-2)31-30(32(41)23-13-14-27-25(18-23)17-21(3)46-27)33(42)34(43)40(31)35-38-39-36(48-35)47-20-24-10-7-8-11-26(24)37/h7-8,10-15,18-19,21,31,41H,4-6,9,16-17,20H2,1-3H3/b32-30+/t21-,31-/m1/s1. The van der Waals surface area contributed by atoms with Gasteiger partial charge in [-0.3, -0.25) is 14.5 Å². The number of amides is 1. The normalized spacial score (nSPS) is 18.2. The summed E-state index contributed by atoms with van der Waals surface area (Å²) in [4.78, 5) is 29.0. The summed E-state index contributed by atoms with van der Waals surface area (Å²) in [6.07, 6.45) is 3.70. The molecule has 48 heavy (non-hydrogen) atoms. The van der Waals surface area contributed by atoms with E-state index in [9.17, 15) is 14.7 Å². The zero-order valence-corrected chi connectivity index (χ0v) is 29.3.